The Hall–Kier alpha value is -1.86. The second-order valence-electron chi connectivity index (χ2n) is 5.13. The number of anilines is 1. The van der Waals surface area contributed by atoms with Crippen LogP contribution in [0.5, 0.6) is 0 Å². The van der Waals surface area contributed by atoms with Gasteiger partial charge in [0.1, 0.15) is 0 Å². The molecule has 0 radical (unpaired) electrons. The lowest BCUT2D eigenvalue weighted by Gasteiger charge is -2.38. The van der Waals surface area contributed by atoms with Crippen molar-refractivity contribution in [1.82, 2.24) is 5.32 Å². The molecule has 1 heterocycles. The van der Waals surface area contributed by atoms with E-state index in [9.17, 15) is 4.79 Å². The molecule has 4 heteroatoms. The van der Waals surface area contributed by atoms with Crippen molar-refractivity contribution in [3.63, 3.8) is 0 Å². The van der Waals surface area contributed by atoms with Gasteiger partial charge in [0.05, 0.1) is 12.5 Å². The zero-order chi connectivity index (χ0) is 13.8. The summed E-state index contributed by atoms with van der Waals surface area (Å²) < 4.78 is 0. The Labute approximate surface area is 114 Å². The van der Waals surface area contributed by atoms with Crippen LogP contribution in [-0.4, -0.2) is 31.0 Å². The van der Waals surface area contributed by atoms with Crippen LogP contribution in [0.1, 0.15) is 30.6 Å². The van der Waals surface area contributed by atoms with Gasteiger partial charge in [-0.25, -0.2) is 0 Å². The maximum absolute atomic E-state index is 11.3. The zero-order valence-corrected chi connectivity index (χ0v) is 11.4. The maximum Gasteiger partial charge on any atom is 0.159 e. The van der Waals surface area contributed by atoms with E-state index in [1.807, 2.05) is 24.3 Å². The molecule has 0 bridgehead atoms. The van der Waals surface area contributed by atoms with E-state index in [4.69, 9.17) is 5.26 Å². The molecular formula is C15H19N3O. The molecule has 19 heavy (non-hydrogen) atoms. The number of rotatable bonds is 3. The Bertz CT molecular complexity index is 489. The van der Waals surface area contributed by atoms with E-state index in [1.165, 1.54) is 0 Å². The molecule has 0 amide bonds. The van der Waals surface area contributed by atoms with E-state index in [0.29, 0.717) is 12.5 Å². The SMILES string of the molecule is CC(=O)c1ccc(N2CC(C)NC(CC#N)C2)cc1. The molecule has 1 saturated heterocycles. The molecule has 2 rings (SSSR count). The lowest BCUT2D eigenvalue weighted by atomic mass is 10.1. The van der Waals surface area contributed by atoms with E-state index in [-0.39, 0.29) is 11.8 Å². The number of hydrogen-bond donors (Lipinski definition) is 1. The molecule has 100 valence electrons. The minimum absolute atomic E-state index is 0.0857. The monoisotopic (exact) mass is 257 g/mol. The maximum atomic E-state index is 11.3. The van der Waals surface area contributed by atoms with Crippen LogP contribution in [-0.2, 0) is 0 Å². The lowest BCUT2D eigenvalue weighted by molar-refractivity contribution is 0.101. The molecule has 0 saturated carbocycles. The molecular weight excluding hydrogens is 238 g/mol. The Morgan fingerprint density at radius 1 is 1.42 bits per heavy atom. The van der Waals surface area contributed by atoms with Crippen LogP contribution in [0.15, 0.2) is 24.3 Å². The van der Waals surface area contributed by atoms with E-state index in [1.54, 1.807) is 6.92 Å². The summed E-state index contributed by atoms with van der Waals surface area (Å²) in [5, 5.41) is 12.2. The molecule has 4 nitrogen and oxygen atoms in total. The third kappa shape index (κ3) is 3.33. The second-order valence-corrected chi connectivity index (χ2v) is 5.13. The van der Waals surface area contributed by atoms with Crippen LogP contribution in [0.4, 0.5) is 5.69 Å². The fourth-order valence-electron chi connectivity index (χ4n) is 2.53. The molecule has 1 aromatic carbocycles. The number of benzene rings is 1. The van der Waals surface area contributed by atoms with Gasteiger partial charge >= 0.3 is 0 Å². The molecule has 1 fully saturated rings. The van der Waals surface area contributed by atoms with Crippen LogP contribution in [0.25, 0.3) is 0 Å². The van der Waals surface area contributed by atoms with Gasteiger partial charge in [-0.05, 0) is 38.1 Å². The number of Topliss-reactive ketones (excluding diaryl/α,β-unsaturated/α-hetero) is 1. The summed E-state index contributed by atoms with van der Waals surface area (Å²) in [5.41, 5.74) is 1.85. The van der Waals surface area contributed by atoms with Gasteiger partial charge in [0.2, 0.25) is 0 Å². The molecule has 1 aliphatic rings. The van der Waals surface area contributed by atoms with E-state index in [2.05, 4.69) is 23.2 Å². The summed E-state index contributed by atoms with van der Waals surface area (Å²) >= 11 is 0. The number of hydrogen-bond acceptors (Lipinski definition) is 4. The van der Waals surface area contributed by atoms with Gasteiger partial charge in [0.15, 0.2) is 5.78 Å². The average Bonchev–Trinajstić information content (AvgIpc) is 2.38. The van der Waals surface area contributed by atoms with E-state index < -0.39 is 0 Å². The summed E-state index contributed by atoms with van der Waals surface area (Å²) in [4.78, 5) is 13.5. The molecule has 2 unspecified atom stereocenters. The van der Waals surface area contributed by atoms with Crippen LogP contribution >= 0.6 is 0 Å². The van der Waals surface area contributed by atoms with Crippen molar-refractivity contribution in [2.24, 2.45) is 0 Å². The number of nitrogens with one attached hydrogen (secondary N) is 1. The molecule has 0 aromatic heterocycles. The third-order valence-electron chi connectivity index (χ3n) is 3.43. The van der Waals surface area contributed by atoms with E-state index >= 15 is 0 Å². The minimum atomic E-state index is 0.0857. The highest BCUT2D eigenvalue weighted by Gasteiger charge is 2.23. The summed E-state index contributed by atoms with van der Waals surface area (Å²) in [6, 6.07) is 10.5. The van der Waals surface area contributed by atoms with Crippen LogP contribution in [0, 0.1) is 11.3 Å². The van der Waals surface area contributed by atoms with Gasteiger partial charge in [-0.15, -0.1) is 0 Å². The van der Waals surface area contributed by atoms with Gasteiger partial charge in [-0.2, -0.15) is 5.26 Å². The van der Waals surface area contributed by atoms with Gasteiger partial charge < -0.3 is 10.2 Å². The van der Waals surface area contributed by atoms with Crippen LogP contribution in [0.2, 0.25) is 0 Å². The first-order chi connectivity index (χ1) is 9.10. The molecule has 2 atom stereocenters. The fourth-order valence-corrected chi connectivity index (χ4v) is 2.53. The van der Waals surface area contributed by atoms with Crippen molar-refractivity contribution in [2.75, 3.05) is 18.0 Å². The summed E-state index contributed by atoms with van der Waals surface area (Å²) in [6.07, 6.45) is 0.520. The van der Waals surface area contributed by atoms with Crippen LogP contribution < -0.4 is 10.2 Å². The minimum Gasteiger partial charge on any atom is -0.368 e. The topological polar surface area (TPSA) is 56.1 Å². The molecule has 0 spiro atoms. The number of nitriles is 1. The van der Waals surface area contributed by atoms with Crippen molar-refractivity contribution in [2.45, 2.75) is 32.4 Å². The van der Waals surface area contributed by atoms with Gasteiger partial charge in [-0.3, -0.25) is 4.79 Å². The number of ketones is 1. The lowest BCUT2D eigenvalue weighted by Crippen LogP contribution is -2.55. The summed E-state index contributed by atoms with van der Waals surface area (Å²) in [7, 11) is 0. The van der Waals surface area contributed by atoms with Crippen molar-refractivity contribution >= 4 is 11.5 Å². The Morgan fingerprint density at radius 3 is 2.68 bits per heavy atom. The highest BCUT2D eigenvalue weighted by molar-refractivity contribution is 5.94. The summed E-state index contributed by atoms with van der Waals surface area (Å²) in [5.74, 6) is 0.0857. The Morgan fingerprint density at radius 2 is 2.11 bits per heavy atom. The third-order valence-corrected chi connectivity index (χ3v) is 3.43. The first-order valence-corrected chi connectivity index (χ1v) is 6.59. The Kier molecular flexibility index (Phi) is 4.18. The largest absolute Gasteiger partial charge is 0.368 e. The predicted octanol–water partition coefficient (Wildman–Crippen LogP) is 1.97. The number of piperazine rings is 1. The van der Waals surface area contributed by atoms with Crippen molar-refractivity contribution < 1.29 is 4.79 Å². The highest BCUT2D eigenvalue weighted by atomic mass is 16.1. The Balaban J connectivity index is 2.12. The highest BCUT2D eigenvalue weighted by Crippen LogP contribution is 2.19. The van der Waals surface area contributed by atoms with Gasteiger partial charge in [0.25, 0.3) is 0 Å². The van der Waals surface area contributed by atoms with Crippen molar-refractivity contribution in [3.05, 3.63) is 29.8 Å². The molecule has 1 aromatic rings. The number of carbonyl (C=O) groups excluding carboxylic acids is 1. The second kappa shape index (κ2) is 5.85. The summed E-state index contributed by atoms with van der Waals surface area (Å²) in [6.45, 7) is 5.45. The molecule has 0 aliphatic carbocycles. The standard InChI is InChI=1S/C15H19N3O/c1-11-9-18(10-14(17-11)7-8-16)15-5-3-13(4-6-15)12(2)19/h3-6,11,14,17H,7,9-10H2,1-2H3. The smallest absolute Gasteiger partial charge is 0.159 e. The van der Waals surface area contributed by atoms with Crippen LogP contribution in [0.3, 0.4) is 0 Å². The number of nitrogens with zero attached hydrogens (tertiary/aromatic N) is 2. The molecule has 1 N–H and O–H groups in total. The predicted molar refractivity (Wildman–Crippen MR) is 75.3 cm³/mol. The van der Waals surface area contributed by atoms with Crippen molar-refractivity contribution in [3.8, 4) is 6.07 Å². The average molecular weight is 257 g/mol. The zero-order valence-electron chi connectivity index (χ0n) is 11.4. The first-order valence-electron chi connectivity index (χ1n) is 6.59. The quantitative estimate of drug-likeness (QED) is 0.841. The first kappa shape index (κ1) is 13.6. The number of carbonyl (C=O) groups is 1. The normalized spacial score (nSPS) is 22.9. The van der Waals surface area contributed by atoms with Gasteiger partial charge in [0, 0.05) is 36.4 Å². The fraction of sp³-hybridized carbons (Fsp3) is 0.467. The molecule has 1 aliphatic heterocycles. The van der Waals surface area contributed by atoms with Crippen molar-refractivity contribution in [1.29, 1.82) is 5.26 Å². The van der Waals surface area contributed by atoms with E-state index in [0.717, 1.165) is 24.3 Å². The van der Waals surface area contributed by atoms with Gasteiger partial charge in [-0.1, -0.05) is 0 Å².